The van der Waals surface area contributed by atoms with Crippen LogP contribution in [0.3, 0.4) is 0 Å². The summed E-state index contributed by atoms with van der Waals surface area (Å²) in [6.45, 7) is 2.70. The fourth-order valence-corrected chi connectivity index (χ4v) is 2.95. The van der Waals surface area contributed by atoms with Gasteiger partial charge in [-0.2, -0.15) is 0 Å². The first-order valence-electron chi connectivity index (χ1n) is 8.05. The molecule has 0 aromatic carbocycles. The molecule has 0 heterocycles. The van der Waals surface area contributed by atoms with Gasteiger partial charge in [0.1, 0.15) is 0 Å². The van der Waals surface area contributed by atoms with Crippen LogP contribution in [0, 0.1) is 11.8 Å². The maximum absolute atomic E-state index is 12.5. The molecule has 1 unspecified atom stereocenters. The lowest BCUT2D eigenvalue weighted by molar-refractivity contribution is -0.146. The summed E-state index contributed by atoms with van der Waals surface area (Å²) in [5.74, 6) is -0.0409. The van der Waals surface area contributed by atoms with Crippen LogP contribution in [0.1, 0.15) is 51.9 Å². The number of hydrogen-bond acceptors (Lipinski definition) is 4. The van der Waals surface area contributed by atoms with Crippen LogP contribution < -0.4 is 0 Å². The Balaban J connectivity index is 2.53. The van der Waals surface area contributed by atoms with Crippen molar-refractivity contribution in [1.82, 2.24) is 4.90 Å². The van der Waals surface area contributed by atoms with E-state index in [9.17, 15) is 9.59 Å². The molecule has 122 valence electrons. The maximum atomic E-state index is 12.5. The fraction of sp³-hybridized carbons (Fsp3) is 0.875. The number of nitrogens with zero attached hydrogens (tertiary/aromatic N) is 1. The molecule has 1 atom stereocenters. The van der Waals surface area contributed by atoms with E-state index in [-0.39, 0.29) is 24.4 Å². The highest BCUT2D eigenvalue weighted by atomic mass is 16.5. The molecule has 0 bridgehead atoms. The molecule has 5 heteroatoms. The Labute approximate surface area is 127 Å². The van der Waals surface area contributed by atoms with Crippen molar-refractivity contribution in [3.05, 3.63) is 0 Å². The molecule has 0 radical (unpaired) electrons. The number of rotatable bonds is 8. The van der Waals surface area contributed by atoms with E-state index in [1.54, 1.807) is 11.8 Å². The third-order valence-electron chi connectivity index (χ3n) is 4.22. The Morgan fingerprint density at radius 2 is 1.95 bits per heavy atom. The number of aliphatic hydroxyl groups excluding tert-OH is 1. The van der Waals surface area contributed by atoms with Crippen molar-refractivity contribution in [1.29, 1.82) is 0 Å². The topological polar surface area (TPSA) is 66.8 Å². The van der Waals surface area contributed by atoms with Crippen molar-refractivity contribution in [2.75, 3.05) is 26.8 Å². The van der Waals surface area contributed by atoms with Crippen LogP contribution in [0.5, 0.6) is 0 Å². The number of carbonyl (C=O) groups is 2. The van der Waals surface area contributed by atoms with Gasteiger partial charge in [-0.25, -0.2) is 0 Å². The standard InChI is InChI=1S/C16H29NO4/c1-13(16(20)21-2)12-17(9-6-10-18)15(19)11-14-7-4-3-5-8-14/h13-14,18H,3-12H2,1-2H3. The second kappa shape index (κ2) is 9.77. The molecular formula is C16H29NO4. The molecule has 1 rings (SSSR count). The van der Waals surface area contributed by atoms with Crippen molar-refractivity contribution in [3.63, 3.8) is 0 Å². The van der Waals surface area contributed by atoms with Crippen molar-refractivity contribution >= 4 is 11.9 Å². The van der Waals surface area contributed by atoms with Crippen molar-refractivity contribution in [2.45, 2.75) is 51.9 Å². The molecule has 0 aliphatic heterocycles. The molecule has 5 nitrogen and oxygen atoms in total. The van der Waals surface area contributed by atoms with Gasteiger partial charge in [-0.3, -0.25) is 9.59 Å². The Kier molecular flexibility index (Phi) is 8.35. The summed E-state index contributed by atoms with van der Waals surface area (Å²) in [5, 5.41) is 8.98. The van der Waals surface area contributed by atoms with Crippen LogP contribution in [0.2, 0.25) is 0 Å². The molecule has 0 saturated heterocycles. The van der Waals surface area contributed by atoms with Gasteiger partial charge < -0.3 is 14.7 Å². The second-order valence-corrected chi connectivity index (χ2v) is 6.05. The molecule has 1 aliphatic rings. The third kappa shape index (κ3) is 6.46. The summed E-state index contributed by atoms with van der Waals surface area (Å²) in [6.07, 6.45) is 7.08. The van der Waals surface area contributed by atoms with Gasteiger partial charge in [-0.1, -0.05) is 26.2 Å². The largest absolute Gasteiger partial charge is 0.469 e. The number of aliphatic hydroxyl groups is 1. The molecule has 0 aromatic heterocycles. The molecule has 0 spiro atoms. The lowest BCUT2D eigenvalue weighted by Gasteiger charge is -2.28. The Morgan fingerprint density at radius 1 is 1.29 bits per heavy atom. The zero-order valence-corrected chi connectivity index (χ0v) is 13.3. The Hall–Kier alpha value is -1.10. The van der Waals surface area contributed by atoms with Crippen molar-refractivity contribution in [3.8, 4) is 0 Å². The average Bonchev–Trinajstić information content (AvgIpc) is 2.51. The third-order valence-corrected chi connectivity index (χ3v) is 4.22. The van der Waals surface area contributed by atoms with E-state index in [1.807, 2.05) is 0 Å². The van der Waals surface area contributed by atoms with E-state index < -0.39 is 0 Å². The van der Waals surface area contributed by atoms with E-state index in [2.05, 4.69) is 0 Å². The minimum Gasteiger partial charge on any atom is -0.469 e. The average molecular weight is 299 g/mol. The van der Waals surface area contributed by atoms with Gasteiger partial charge in [0.15, 0.2) is 0 Å². The zero-order valence-electron chi connectivity index (χ0n) is 13.3. The smallest absolute Gasteiger partial charge is 0.310 e. The number of methoxy groups -OCH3 is 1. The fourth-order valence-electron chi connectivity index (χ4n) is 2.95. The number of ether oxygens (including phenoxy) is 1. The predicted octanol–water partition coefficient (Wildman–Crippen LogP) is 1.98. The van der Waals surface area contributed by atoms with E-state index in [0.29, 0.717) is 31.8 Å². The Bertz CT molecular complexity index is 326. The van der Waals surface area contributed by atoms with E-state index in [0.717, 1.165) is 12.8 Å². The number of hydrogen-bond donors (Lipinski definition) is 1. The van der Waals surface area contributed by atoms with Gasteiger partial charge in [0.2, 0.25) is 5.91 Å². The summed E-state index contributed by atoms with van der Waals surface area (Å²) in [6, 6.07) is 0. The monoisotopic (exact) mass is 299 g/mol. The number of carbonyl (C=O) groups excluding carboxylic acids is 2. The highest BCUT2D eigenvalue weighted by molar-refractivity contribution is 5.78. The van der Waals surface area contributed by atoms with Crippen LogP contribution in [0.25, 0.3) is 0 Å². The molecule has 21 heavy (non-hydrogen) atoms. The van der Waals surface area contributed by atoms with Crippen molar-refractivity contribution in [2.24, 2.45) is 11.8 Å². The molecule has 1 amide bonds. The van der Waals surface area contributed by atoms with Crippen LogP contribution >= 0.6 is 0 Å². The highest BCUT2D eigenvalue weighted by Gasteiger charge is 2.24. The number of amides is 1. The summed E-state index contributed by atoms with van der Waals surface area (Å²) >= 11 is 0. The first-order valence-corrected chi connectivity index (χ1v) is 8.05. The first-order chi connectivity index (χ1) is 10.1. The summed E-state index contributed by atoms with van der Waals surface area (Å²) in [4.78, 5) is 25.7. The van der Waals surface area contributed by atoms with Gasteiger partial charge in [-0.05, 0) is 25.2 Å². The Morgan fingerprint density at radius 3 is 2.52 bits per heavy atom. The van der Waals surface area contributed by atoms with Gasteiger partial charge >= 0.3 is 5.97 Å². The molecule has 1 N–H and O–H groups in total. The SMILES string of the molecule is COC(=O)C(C)CN(CCCO)C(=O)CC1CCCCC1. The van der Waals surface area contributed by atoms with Crippen LogP contribution in [-0.2, 0) is 14.3 Å². The zero-order chi connectivity index (χ0) is 15.7. The quantitative estimate of drug-likeness (QED) is 0.696. The van der Waals surface area contributed by atoms with Gasteiger partial charge in [0.05, 0.1) is 13.0 Å². The van der Waals surface area contributed by atoms with Crippen LogP contribution in [0.4, 0.5) is 0 Å². The lowest BCUT2D eigenvalue weighted by atomic mass is 9.86. The number of esters is 1. The van der Waals surface area contributed by atoms with Crippen LogP contribution in [-0.4, -0.2) is 48.7 Å². The van der Waals surface area contributed by atoms with E-state index in [4.69, 9.17) is 9.84 Å². The van der Waals surface area contributed by atoms with Gasteiger partial charge in [0, 0.05) is 26.1 Å². The molecular weight excluding hydrogens is 270 g/mol. The predicted molar refractivity (Wildman–Crippen MR) is 80.7 cm³/mol. The molecule has 1 aliphatic carbocycles. The molecule has 1 fully saturated rings. The maximum Gasteiger partial charge on any atom is 0.310 e. The summed E-state index contributed by atoms with van der Waals surface area (Å²) < 4.78 is 4.72. The van der Waals surface area contributed by atoms with E-state index >= 15 is 0 Å². The lowest BCUT2D eigenvalue weighted by Crippen LogP contribution is -2.39. The van der Waals surface area contributed by atoms with Crippen molar-refractivity contribution < 1.29 is 19.4 Å². The second-order valence-electron chi connectivity index (χ2n) is 6.05. The molecule has 0 aromatic rings. The van der Waals surface area contributed by atoms with Crippen LogP contribution in [0.15, 0.2) is 0 Å². The normalized spacial score (nSPS) is 17.3. The highest BCUT2D eigenvalue weighted by Crippen LogP contribution is 2.27. The van der Waals surface area contributed by atoms with E-state index in [1.165, 1.54) is 26.4 Å². The van der Waals surface area contributed by atoms with Gasteiger partial charge in [0.25, 0.3) is 0 Å². The minimum absolute atomic E-state index is 0.0554. The summed E-state index contributed by atoms with van der Waals surface area (Å²) in [5.41, 5.74) is 0. The first kappa shape index (κ1) is 18.0. The summed E-state index contributed by atoms with van der Waals surface area (Å²) in [7, 11) is 1.36. The minimum atomic E-state index is -0.330. The van der Waals surface area contributed by atoms with Gasteiger partial charge in [-0.15, -0.1) is 0 Å². The molecule has 1 saturated carbocycles.